The van der Waals surface area contributed by atoms with E-state index in [9.17, 15) is 13.2 Å². The van der Waals surface area contributed by atoms with Gasteiger partial charge in [-0.15, -0.1) is 12.4 Å². The van der Waals surface area contributed by atoms with Gasteiger partial charge in [-0.1, -0.05) is 13.8 Å². The van der Waals surface area contributed by atoms with Crippen molar-refractivity contribution in [1.29, 1.82) is 0 Å². The monoisotopic (exact) mass is 364 g/mol. The van der Waals surface area contributed by atoms with Crippen LogP contribution in [0.25, 0.3) is 0 Å². The van der Waals surface area contributed by atoms with Gasteiger partial charge in [-0.2, -0.15) is 0 Å². The van der Waals surface area contributed by atoms with Gasteiger partial charge < -0.3 is 14.8 Å². The summed E-state index contributed by atoms with van der Waals surface area (Å²) in [4.78, 5) is 18.4. The minimum Gasteiger partial charge on any atom is -0.336 e. The number of sulfone groups is 1. The summed E-state index contributed by atoms with van der Waals surface area (Å²) in [6, 6.07) is -0.226. The molecule has 1 atom stereocenters. The predicted octanol–water partition coefficient (Wildman–Crippen LogP) is 0.386. The number of hydrogen-bond donors (Lipinski definition) is 1. The Labute approximate surface area is 143 Å². The highest BCUT2D eigenvalue weighted by atomic mass is 35.5. The predicted molar refractivity (Wildman–Crippen MR) is 91.3 cm³/mol. The molecule has 2 heterocycles. The number of nitrogens with one attached hydrogen (secondary N) is 1. The van der Waals surface area contributed by atoms with Crippen molar-refractivity contribution in [2.45, 2.75) is 19.9 Å². The molecule has 1 amide bonds. The van der Waals surface area contributed by atoms with E-state index in [1.807, 2.05) is 31.7 Å². The standard InChI is InChI=1S/C14H24N4O3S.ClH/c1-11(2)9-22(20,21)10-13(19)18-7-4-15-8-12(18)14-16-5-6-17(14)3;/h5-6,11-12,15H,4,7-10H2,1-3H3;1H. The number of nitrogens with zero attached hydrogens (tertiary/aromatic N) is 3. The molecule has 1 aromatic heterocycles. The molecular formula is C14H25ClN4O3S. The Morgan fingerprint density at radius 3 is 2.74 bits per heavy atom. The Kier molecular flexibility index (Phi) is 7.03. The lowest BCUT2D eigenvalue weighted by molar-refractivity contribution is -0.132. The minimum atomic E-state index is -3.37. The summed E-state index contributed by atoms with van der Waals surface area (Å²) in [7, 11) is -1.50. The van der Waals surface area contributed by atoms with Crippen LogP contribution in [0.3, 0.4) is 0 Å². The number of hydrogen-bond acceptors (Lipinski definition) is 5. The molecule has 0 spiro atoms. The highest BCUT2D eigenvalue weighted by molar-refractivity contribution is 7.92. The van der Waals surface area contributed by atoms with E-state index < -0.39 is 15.6 Å². The van der Waals surface area contributed by atoms with Crippen molar-refractivity contribution in [3.63, 3.8) is 0 Å². The third kappa shape index (κ3) is 5.19. The third-order valence-electron chi connectivity index (χ3n) is 3.65. The maximum atomic E-state index is 12.5. The zero-order chi connectivity index (χ0) is 16.3. The molecule has 9 heteroatoms. The molecule has 7 nitrogen and oxygen atoms in total. The van der Waals surface area contributed by atoms with E-state index in [2.05, 4.69) is 10.3 Å². The summed E-state index contributed by atoms with van der Waals surface area (Å²) in [5, 5.41) is 3.23. The Bertz CT molecular complexity index is 630. The molecule has 132 valence electrons. The summed E-state index contributed by atoms with van der Waals surface area (Å²) in [6.07, 6.45) is 3.50. The summed E-state index contributed by atoms with van der Waals surface area (Å²) in [5.74, 6) is 0.0624. The SMILES string of the molecule is CC(C)CS(=O)(=O)CC(=O)N1CCNCC1c1nccn1C.Cl. The van der Waals surface area contributed by atoms with E-state index in [1.54, 1.807) is 11.1 Å². The van der Waals surface area contributed by atoms with Crippen LogP contribution in [0.5, 0.6) is 0 Å². The van der Waals surface area contributed by atoms with Gasteiger partial charge >= 0.3 is 0 Å². The van der Waals surface area contributed by atoms with E-state index in [4.69, 9.17) is 0 Å². The lowest BCUT2D eigenvalue weighted by Crippen LogP contribution is -2.51. The van der Waals surface area contributed by atoms with Crippen molar-refractivity contribution in [2.24, 2.45) is 13.0 Å². The highest BCUT2D eigenvalue weighted by Gasteiger charge is 2.32. The fourth-order valence-corrected chi connectivity index (χ4v) is 4.45. The number of amides is 1. The van der Waals surface area contributed by atoms with E-state index in [0.717, 1.165) is 5.82 Å². The zero-order valence-electron chi connectivity index (χ0n) is 13.7. The molecule has 23 heavy (non-hydrogen) atoms. The molecule has 0 bridgehead atoms. The fourth-order valence-electron chi connectivity index (χ4n) is 2.77. The van der Waals surface area contributed by atoms with Crippen molar-refractivity contribution in [1.82, 2.24) is 19.8 Å². The lowest BCUT2D eigenvalue weighted by atomic mass is 10.1. The van der Waals surface area contributed by atoms with Crippen molar-refractivity contribution >= 4 is 28.2 Å². The first-order chi connectivity index (χ1) is 10.3. The third-order valence-corrected chi connectivity index (χ3v) is 5.51. The molecule has 1 N–H and O–H groups in total. The molecule has 1 aromatic rings. The van der Waals surface area contributed by atoms with E-state index in [-0.39, 0.29) is 36.0 Å². The van der Waals surface area contributed by atoms with E-state index >= 15 is 0 Å². The highest BCUT2D eigenvalue weighted by Crippen LogP contribution is 2.21. The van der Waals surface area contributed by atoms with Crippen LogP contribution >= 0.6 is 12.4 Å². The molecule has 1 saturated heterocycles. The number of carbonyl (C=O) groups excluding carboxylic acids is 1. The Morgan fingerprint density at radius 2 is 2.17 bits per heavy atom. The molecule has 0 aromatic carbocycles. The van der Waals surface area contributed by atoms with Crippen LogP contribution < -0.4 is 5.32 Å². The topological polar surface area (TPSA) is 84.3 Å². The van der Waals surface area contributed by atoms with Crippen molar-refractivity contribution < 1.29 is 13.2 Å². The average molecular weight is 365 g/mol. The van der Waals surface area contributed by atoms with Gasteiger partial charge in [0.1, 0.15) is 17.6 Å². The number of carbonyl (C=O) groups is 1. The Hall–Kier alpha value is -1.12. The normalized spacial score (nSPS) is 18.8. The van der Waals surface area contributed by atoms with Gasteiger partial charge in [-0.25, -0.2) is 13.4 Å². The number of rotatable bonds is 5. The second-order valence-electron chi connectivity index (χ2n) is 6.15. The molecule has 0 saturated carbocycles. The van der Waals surface area contributed by atoms with E-state index in [1.165, 1.54) is 0 Å². The van der Waals surface area contributed by atoms with Crippen LogP contribution in [0.4, 0.5) is 0 Å². The Balaban J connectivity index is 0.00000264. The number of halogens is 1. The maximum absolute atomic E-state index is 12.5. The van der Waals surface area contributed by atoms with Gasteiger partial charge in [0.05, 0.1) is 5.75 Å². The molecule has 0 aliphatic carbocycles. The quantitative estimate of drug-likeness (QED) is 0.816. The fraction of sp³-hybridized carbons (Fsp3) is 0.714. The number of imidazole rings is 1. The average Bonchev–Trinajstić information content (AvgIpc) is 2.82. The number of aryl methyl sites for hydroxylation is 1. The molecule has 1 fully saturated rings. The smallest absolute Gasteiger partial charge is 0.238 e. The first kappa shape index (κ1) is 19.9. The molecule has 1 unspecified atom stereocenters. The molecule has 1 aliphatic heterocycles. The van der Waals surface area contributed by atoms with Gasteiger partial charge in [-0.05, 0) is 5.92 Å². The number of piperazine rings is 1. The van der Waals surface area contributed by atoms with Gasteiger partial charge in [0.2, 0.25) is 5.91 Å². The first-order valence-corrected chi connectivity index (χ1v) is 9.30. The van der Waals surface area contributed by atoms with Crippen molar-refractivity contribution in [3.05, 3.63) is 18.2 Å². The molecule has 1 aliphatic rings. The largest absolute Gasteiger partial charge is 0.336 e. The van der Waals surface area contributed by atoms with Crippen LogP contribution in [0, 0.1) is 5.92 Å². The maximum Gasteiger partial charge on any atom is 0.238 e. The molecular weight excluding hydrogens is 340 g/mol. The zero-order valence-corrected chi connectivity index (χ0v) is 15.4. The second kappa shape index (κ2) is 8.12. The van der Waals surface area contributed by atoms with Gasteiger partial charge in [0.25, 0.3) is 0 Å². The van der Waals surface area contributed by atoms with Crippen molar-refractivity contribution in [2.75, 3.05) is 31.1 Å². The van der Waals surface area contributed by atoms with Crippen LogP contribution in [0.1, 0.15) is 25.7 Å². The van der Waals surface area contributed by atoms with Crippen LogP contribution in [-0.4, -0.2) is 59.9 Å². The molecule has 2 rings (SSSR count). The first-order valence-electron chi connectivity index (χ1n) is 7.48. The van der Waals surface area contributed by atoms with Crippen LogP contribution in [-0.2, 0) is 21.7 Å². The summed E-state index contributed by atoms with van der Waals surface area (Å²) in [6.45, 7) is 5.42. The summed E-state index contributed by atoms with van der Waals surface area (Å²) >= 11 is 0. The van der Waals surface area contributed by atoms with E-state index in [0.29, 0.717) is 19.6 Å². The summed E-state index contributed by atoms with van der Waals surface area (Å²) < 4.78 is 26.0. The van der Waals surface area contributed by atoms with Gasteiger partial charge in [-0.3, -0.25) is 4.79 Å². The van der Waals surface area contributed by atoms with Gasteiger partial charge in [0, 0.05) is 39.1 Å². The Morgan fingerprint density at radius 1 is 1.48 bits per heavy atom. The van der Waals surface area contributed by atoms with Crippen LogP contribution in [0.15, 0.2) is 12.4 Å². The van der Waals surface area contributed by atoms with Crippen LogP contribution in [0.2, 0.25) is 0 Å². The van der Waals surface area contributed by atoms with Gasteiger partial charge in [0.15, 0.2) is 9.84 Å². The van der Waals surface area contributed by atoms with Crippen molar-refractivity contribution in [3.8, 4) is 0 Å². The molecule has 0 radical (unpaired) electrons. The summed E-state index contributed by atoms with van der Waals surface area (Å²) in [5.41, 5.74) is 0. The second-order valence-corrected chi connectivity index (χ2v) is 8.26. The minimum absolute atomic E-state index is 0. The lowest BCUT2D eigenvalue weighted by Gasteiger charge is -2.35. The number of aromatic nitrogens is 2.